The van der Waals surface area contributed by atoms with Gasteiger partial charge in [0.2, 0.25) is 11.8 Å². The third kappa shape index (κ3) is 1.98. The van der Waals surface area contributed by atoms with Gasteiger partial charge in [0.25, 0.3) is 0 Å². The van der Waals surface area contributed by atoms with Crippen LogP contribution in [0.25, 0.3) is 0 Å². The fourth-order valence-corrected chi connectivity index (χ4v) is 1.77. The summed E-state index contributed by atoms with van der Waals surface area (Å²) >= 11 is 0. The van der Waals surface area contributed by atoms with Gasteiger partial charge in [-0.05, 0) is 24.6 Å². The standard InChI is InChI=1S/C11H13N3O2/c1-7-2-3-8(12)4-9(7)14-5-10(15)13-11(16)6-14/h2-4H,5-6,12H2,1H3,(H,13,15,16). The molecule has 0 aliphatic carbocycles. The molecule has 1 aliphatic heterocycles. The van der Waals surface area contributed by atoms with Gasteiger partial charge in [-0.1, -0.05) is 6.07 Å². The lowest BCUT2D eigenvalue weighted by Crippen LogP contribution is -2.51. The van der Waals surface area contributed by atoms with Crippen molar-refractivity contribution in [2.45, 2.75) is 6.92 Å². The lowest BCUT2D eigenvalue weighted by Gasteiger charge is -2.28. The Balaban J connectivity index is 2.32. The third-order valence-electron chi connectivity index (χ3n) is 2.52. The molecule has 5 heteroatoms. The van der Waals surface area contributed by atoms with Crippen molar-refractivity contribution in [3.05, 3.63) is 23.8 Å². The van der Waals surface area contributed by atoms with Gasteiger partial charge in [-0.15, -0.1) is 0 Å². The van der Waals surface area contributed by atoms with Gasteiger partial charge < -0.3 is 10.6 Å². The zero-order valence-corrected chi connectivity index (χ0v) is 8.99. The Morgan fingerprint density at radius 3 is 2.50 bits per heavy atom. The van der Waals surface area contributed by atoms with Gasteiger partial charge in [-0.25, -0.2) is 0 Å². The summed E-state index contributed by atoms with van der Waals surface area (Å²) in [7, 11) is 0. The van der Waals surface area contributed by atoms with E-state index in [-0.39, 0.29) is 24.9 Å². The van der Waals surface area contributed by atoms with Gasteiger partial charge in [0, 0.05) is 11.4 Å². The molecule has 1 aromatic rings. The van der Waals surface area contributed by atoms with Crippen molar-refractivity contribution in [2.75, 3.05) is 23.7 Å². The highest BCUT2D eigenvalue weighted by Crippen LogP contribution is 2.23. The van der Waals surface area contributed by atoms with E-state index in [1.807, 2.05) is 13.0 Å². The smallest absolute Gasteiger partial charge is 0.246 e. The van der Waals surface area contributed by atoms with Crippen LogP contribution in [0.5, 0.6) is 0 Å². The summed E-state index contributed by atoms with van der Waals surface area (Å²) in [5.41, 5.74) is 8.15. The highest BCUT2D eigenvalue weighted by atomic mass is 16.2. The summed E-state index contributed by atoms with van der Waals surface area (Å²) in [5.74, 6) is -0.559. The molecule has 1 saturated heterocycles. The molecule has 84 valence electrons. The highest BCUT2D eigenvalue weighted by molar-refractivity contribution is 6.02. The largest absolute Gasteiger partial charge is 0.399 e. The molecule has 1 aromatic carbocycles. The maximum absolute atomic E-state index is 11.2. The van der Waals surface area contributed by atoms with Gasteiger partial charge in [0.1, 0.15) is 0 Å². The van der Waals surface area contributed by atoms with Gasteiger partial charge >= 0.3 is 0 Å². The Labute approximate surface area is 93.2 Å². The minimum Gasteiger partial charge on any atom is -0.399 e. The van der Waals surface area contributed by atoms with Gasteiger partial charge in [0.15, 0.2) is 0 Å². The van der Waals surface area contributed by atoms with Gasteiger partial charge in [-0.2, -0.15) is 0 Å². The molecule has 0 saturated carbocycles. The number of hydrogen-bond donors (Lipinski definition) is 2. The van der Waals surface area contributed by atoms with E-state index in [0.29, 0.717) is 5.69 Å². The number of carbonyl (C=O) groups excluding carboxylic acids is 2. The Morgan fingerprint density at radius 2 is 1.88 bits per heavy atom. The molecular weight excluding hydrogens is 206 g/mol. The number of imide groups is 1. The number of aryl methyl sites for hydroxylation is 1. The summed E-state index contributed by atoms with van der Waals surface area (Å²) in [4.78, 5) is 24.2. The van der Waals surface area contributed by atoms with E-state index in [1.165, 1.54) is 0 Å². The van der Waals surface area contributed by atoms with Crippen molar-refractivity contribution in [3.63, 3.8) is 0 Å². The topological polar surface area (TPSA) is 75.4 Å². The van der Waals surface area contributed by atoms with Crippen LogP contribution < -0.4 is 16.0 Å². The Morgan fingerprint density at radius 1 is 1.25 bits per heavy atom. The van der Waals surface area contributed by atoms with Gasteiger partial charge in [0.05, 0.1) is 13.1 Å². The van der Waals surface area contributed by atoms with E-state index in [2.05, 4.69) is 5.32 Å². The molecule has 5 nitrogen and oxygen atoms in total. The number of hydrogen-bond acceptors (Lipinski definition) is 4. The van der Waals surface area contributed by atoms with Crippen LogP contribution in [0.1, 0.15) is 5.56 Å². The number of nitrogens with zero attached hydrogens (tertiary/aromatic N) is 1. The first kappa shape index (κ1) is 10.5. The Bertz CT molecular complexity index is 441. The summed E-state index contributed by atoms with van der Waals surface area (Å²) in [6.07, 6.45) is 0. The molecular formula is C11H13N3O2. The SMILES string of the molecule is Cc1ccc(N)cc1N1CC(=O)NC(=O)C1. The molecule has 2 rings (SSSR count). The second kappa shape index (κ2) is 3.84. The molecule has 0 spiro atoms. The number of nitrogens with two attached hydrogens (primary N) is 1. The Hall–Kier alpha value is -2.04. The van der Waals surface area contributed by atoms with Crippen LogP contribution in [0, 0.1) is 6.92 Å². The first-order valence-electron chi connectivity index (χ1n) is 5.00. The van der Waals surface area contributed by atoms with E-state index in [0.717, 1.165) is 11.3 Å². The number of amides is 2. The summed E-state index contributed by atoms with van der Waals surface area (Å²) in [5, 5.41) is 2.26. The Kier molecular flexibility index (Phi) is 2.52. The van der Waals surface area contributed by atoms with Crippen molar-refractivity contribution in [2.24, 2.45) is 0 Å². The molecule has 16 heavy (non-hydrogen) atoms. The second-order valence-corrected chi connectivity index (χ2v) is 3.87. The zero-order valence-electron chi connectivity index (χ0n) is 8.99. The van der Waals surface area contributed by atoms with E-state index in [1.54, 1.807) is 17.0 Å². The maximum atomic E-state index is 11.2. The highest BCUT2D eigenvalue weighted by Gasteiger charge is 2.23. The fourth-order valence-electron chi connectivity index (χ4n) is 1.77. The molecule has 0 unspecified atom stereocenters. The number of rotatable bonds is 1. The quantitative estimate of drug-likeness (QED) is 0.516. The van der Waals surface area contributed by atoms with Crippen LogP contribution in [0.15, 0.2) is 18.2 Å². The van der Waals surface area contributed by atoms with E-state index in [9.17, 15) is 9.59 Å². The van der Waals surface area contributed by atoms with E-state index >= 15 is 0 Å². The van der Waals surface area contributed by atoms with Crippen molar-refractivity contribution in [1.82, 2.24) is 5.32 Å². The molecule has 1 aliphatic rings. The molecule has 1 fully saturated rings. The van der Waals surface area contributed by atoms with Crippen molar-refractivity contribution in [1.29, 1.82) is 0 Å². The summed E-state index contributed by atoms with van der Waals surface area (Å²) < 4.78 is 0. The maximum Gasteiger partial charge on any atom is 0.246 e. The molecule has 0 aromatic heterocycles. The normalized spacial score (nSPS) is 16.2. The van der Waals surface area contributed by atoms with Crippen molar-refractivity contribution >= 4 is 23.2 Å². The average molecular weight is 219 g/mol. The summed E-state index contributed by atoms with van der Waals surface area (Å²) in [6.45, 7) is 2.30. The zero-order chi connectivity index (χ0) is 11.7. The van der Waals surface area contributed by atoms with Crippen LogP contribution >= 0.6 is 0 Å². The van der Waals surface area contributed by atoms with Crippen LogP contribution in [-0.4, -0.2) is 24.9 Å². The fraction of sp³-hybridized carbons (Fsp3) is 0.273. The van der Waals surface area contributed by atoms with Gasteiger partial charge in [-0.3, -0.25) is 14.9 Å². The van der Waals surface area contributed by atoms with Crippen LogP contribution in [-0.2, 0) is 9.59 Å². The van der Waals surface area contributed by atoms with E-state index < -0.39 is 0 Å². The number of piperazine rings is 1. The molecule has 1 heterocycles. The molecule has 0 bridgehead atoms. The minimum absolute atomic E-state index is 0.191. The molecule has 3 N–H and O–H groups in total. The van der Waals surface area contributed by atoms with Crippen molar-refractivity contribution < 1.29 is 9.59 Å². The van der Waals surface area contributed by atoms with E-state index in [4.69, 9.17) is 5.73 Å². The van der Waals surface area contributed by atoms with Crippen molar-refractivity contribution in [3.8, 4) is 0 Å². The first-order valence-corrected chi connectivity index (χ1v) is 5.00. The van der Waals surface area contributed by atoms with Crippen LogP contribution in [0.2, 0.25) is 0 Å². The number of nitrogen functional groups attached to an aromatic ring is 1. The lowest BCUT2D eigenvalue weighted by atomic mass is 10.1. The number of nitrogens with one attached hydrogen (secondary N) is 1. The lowest BCUT2D eigenvalue weighted by molar-refractivity contribution is -0.130. The van der Waals surface area contributed by atoms with Crippen LogP contribution in [0.4, 0.5) is 11.4 Å². The molecule has 0 radical (unpaired) electrons. The first-order chi connectivity index (χ1) is 7.56. The number of anilines is 2. The molecule has 0 atom stereocenters. The third-order valence-corrected chi connectivity index (χ3v) is 2.52. The number of benzene rings is 1. The minimum atomic E-state index is -0.280. The monoisotopic (exact) mass is 219 g/mol. The number of carbonyl (C=O) groups is 2. The summed E-state index contributed by atoms with van der Waals surface area (Å²) in [6, 6.07) is 5.45. The predicted octanol–water partition coefficient (Wildman–Crippen LogP) is 0.0400. The average Bonchev–Trinajstić information content (AvgIpc) is 2.20. The van der Waals surface area contributed by atoms with Crippen LogP contribution in [0.3, 0.4) is 0 Å². The predicted molar refractivity (Wildman–Crippen MR) is 61.0 cm³/mol. The molecule has 2 amide bonds. The second-order valence-electron chi connectivity index (χ2n) is 3.87.